The molecule has 6 nitrogen and oxygen atoms in total. The predicted octanol–water partition coefficient (Wildman–Crippen LogP) is 5.22. The molecule has 1 N–H and O–H groups in total. The summed E-state index contributed by atoms with van der Waals surface area (Å²) in [6, 6.07) is 11.2. The Kier molecular flexibility index (Phi) is 6.66. The van der Waals surface area contributed by atoms with Gasteiger partial charge in [0.25, 0.3) is 0 Å². The van der Waals surface area contributed by atoms with E-state index >= 15 is 0 Å². The molecule has 162 valence electrons. The van der Waals surface area contributed by atoms with Crippen LogP contribution in [0.4, 0.5) is 9.52 Å². The lowest BCUT2D eigenvalue weighted by atomic mass is 10.2. The van der Waals surface area contributed by atoms with Crippen LogP contribution in [0.15, 0.2) is 57.8 Å². The van der Waals surface area contributed by atoms with Gasteiger partial charge in [-0.25, -0.2) is 17.8 Å². The third-order valence-electron chi connectivity index (χ3n) is 4.94. The average molecular weight is 479 g/mol. The quantitative estimate of drug-likeness (QED) is 0.389. The Hall–Kier alpha value is -2.33. The van der Waals surface area contributed by atoms with E-state index in [0.29, 0.717) is 29.5 Å². The fourth-order valence-corrected chi connectivity index (χ4v) is 5.76. The molecule has 10 heteroatoms. The van der Waals surface area contributed by atoms with Crippen molar-refractivity contribution in [3.63, 3.8) is 0 Å². The number of nitrogens with one attached hydrogen (secondary N) is 1. The molecule has 4 rings (SSSR count). The van der Waals surface area contributed by atoms with E-state index in [1.165, 1.54) is 29.7 Å². The summed E-state index contributed by atoms with van der Waals surface area (Å²) in [5.74, 6) is -0.468. The average Bonchev–Trinajstić information content (AvgIpc) is 3.25. The molecule has 31 heavy (non-hydrogen) atoms. The van der Waals surface area contributed by atoms with Crippen molar-refractivity contribution >= 4 is 44.3 Å². The van der Waals surface area contributed by atoms with Crippen LogP contribution in [0.5, 0.6) is 0 Å². The van der Waals surface area contributed by atoms with E-state index in [0.717, 1.165) is 19.3 Å². The number of piperidine rings is 1. The van der Waals surface area contributed by atoms with Gasteiger partial charge in [0, 0.05) is 29.6 Å². The first kappa shape index (κ1) is 21.9. The van der Waals surface area contributed by atoms with Crippen LogP contribution < -0.4 is 5.43 Å². The fourth-order valence-electron chi connectivity index (χ4n) is 3.31. The van der Waals surface area contributed by atoms with Gasteiger partial charge >= 0.3 is 0 Å². The Morgan fingerprint density at radius 2 is 1.94 bits per heavy atom. The van der Waals surface area contributed by atoms with Crippen LogP contribution in [-0.2, 0) is 10.0 Å². The number of nitrogens with zero attached hydrogens (tertiary/aromatic N) is 3. The Morgan fingerprint density at radius 1 is 1.16 bits per heavy atom. The maximum atomic E-state index is 13.8. The van der Waals surface area contributed by atoms with E-state index in [9.17, 15) is 12.8 Å². The fraction of sp³-hybridized carbons (Fsp3) is 0.238. The van der Waals surface area contributed by atoms with Crippen molar-refractivity contribution < 1.29 is 12.8 Å². The predicted molar refractivity (Wildman–Crippen MR) is 123 cm³/mol. The Labute approximate surface area is 189 Å². The van der Waals surface area contributed by atoms with Gasteiger partial charge in [-0.2, -0.15) is 9.41 Å². The summed E-state index contributed by atoms with van der Waals surface area (Å²) in [6.07, 6.45) is 4.13. The smallest absolute Gasteiger partial charge is 0.243 e. The standard InChI is InChI=1S/C21H20ClFN4O2S2/c22-18-8-5-9-19(23)17(18)13-24-26-21-25-20(14-30-21)15-6-4-7-16(12-15)31(28,29)27-10-2-1-3-11-27/h4-9,12-14H,1-3,10-11H2,(H,25,26)/b24-13-. The minimum Gasteiger partial charge on any atom is -0.253 e. The van der Waals surface area contributed by atoms with Gasteiger partial charge in [-0.3, -0.25) is 5.43 Å². The molecule has 0 atom stereocenters. The lowest BCUT2D eigenvalue weighted by molar-refractivity contribution is 0.346. The summed E-state index contributed by atoms with van der Waals surface area (Å²) in [7, 11) is -3.52. The van der Waals surface area contributed by atoms with Gasteiger partial charge in [-0.1, -0.05) is 36.2 Å². The monoisotopic (exact) mass is 478 g/mol. The maximum absolute atomic E-state index is 13.8. The zero-order chi connectivity index (χ0) is 21.8. The number of benzene rings is 2. The second-order valence-electron chi connectivity index (χ2n) is 7.04. The van der Waals surface area contributed by atoms with E-state index in [-0.39, 0.29) is 15.5 Å². The van der Waals surface area contributed by atoms with E-state index in [4.69, 9.17) is 11.6 Å². The van der Waals surface area contributed by atoms with Crippen LogP contribution in [-0.4, -0.2) is 37.0 Å². The van der Waals surface area contributed by atoms with Crippen molar-refractivity contribution in [1.29, 1.82) is 0 Å². The molecule has 1 aromatic heterocycles. The highest BCUT2D eigenvalue weighted by Gasteiger charge is 2.26. The summed E-state index contributed by atoms with van der Waals surface area (Å²) in [4.78, 5) is 4.72. The number of aromatic nitrogens is 1. The highest BCUT2D eigenvalue weighted by molar-refractivity contribution is 7.89. The van der Waals surface area contributed by atoms with Crippen molar-refractivity contribution in [3.05, 3.63) is 64.2 Å². The number of rotatable bonds is 6. The van der Waals surface area contributed by atoms with Crippen LogP contribution in [0, 0.1) is 5.82 Å². The molecule has 0 spiro atoms. The largest absolute Gasteiger partial charge is 0.253 e. The molecular weight excluding hydrogens is 459 g/mol. The SMILES string of the molecule is O=S(=O)(c1cccc(-c2csc(N/N=C\c3c(F)cccc3Cl)n2)c1)N1CCCCC1. The first-order valence-corrected chi connectivity index (χ1v) is 12.4. The molecule has 0 saturated carbocycles. The van der Waals surface area contributed by atoms with Crippen LogP contribution in [0.25, 0.3) is 11.3 Å². The van der Waals surface area contributed by atoms with Gasteiger partial charge in [-0.15, -0.1) is 11.3 Å². The summed E-state index contributed by atoms with van der Waals surface area (Å²) >= 11 is 7.29. The number of sulfonamides is 1. The topological polar surface area (TPSA) is 74.7 Å². The maximum Gasteiger partial charge on any atom is 0.243 e. The van der Waals surface area contributed by atoms with Crippen LogP contribution >= 0.6 is 22.9 Å². The van der Waals surface area contributed by atoms with E-state index in [2.05, 4.69) is 15.5 Å². The van der Waals surface area contributed by atoms with Gasteiger partial charge < -0.3 is 0 Å². The zero-order valence-electron chi connectivity index (χ0n) is 16.5. The summed E-state index contributed by atoms with van der Waals surface area (Å²) < 4.78 is 41.2. The molecule has 1 aliphatic heterocycles. The van der Waals surface area contributed by atoms with Gasteiger partial charge in [0.2, 0.25) is 15.2 Å². The minimum atomic E-state index is -3.52. The van der Waals surface area contributed by atoms with Gasteiger partial charge in [-0.05, 0) is 37.1 Å². The molecule has 0 unspecified atom stereocenters. The van der Waals surface area contributed by atoms with Gasteiger partial charge in [0.15, 0.2) is 0 Å². The highest BCUT2D eigenvalue weighted by Crippen LogP contribution is 2.28. The molecule has 0 bridgehead atoms. The van der Waals surface area contributed by atoms with Gasteiger partial charge in [0.05, 0.1) is 21.8 Å². The third kappa shape index (κ3) is 4.95. The molecule has 2 heterocycles. The van der Waals surface area contributed by atoms with Crippen molar-refractivity contribution in [1.82, 2.24) is 9.29 Å². The summed E-state index contributed by atoms with van der Waals surface area (Å²) in [5, 5.41) is 6.56. The lowest BCUT2D eigenvalue weighted by Crippen LogP contribution is -2.35. The first-order chi connectivity index (χ1) is 14.9. The molecule has 2 aromatic carbocycles. The van der Waals surface area contributed by atoms with Crippen LogP contribution in [0.3, 0.4) is 0 Å². The number of anilines is 1. The zero-order valence-corrected chi connectivity index (χ0v) is 18.9. The second-order valence-corrected chi connectivity index (χ2v) is 10.2. The molecule has 3 aromatic rings. The number of thiazole rings is 1. The number of hydrogen-bond acceptors (Lipinski definition) is 6. The third-order valence-corrected chi connectivity index (χ3v) is 7.91. The number of halogens is 2. The Morgan fingerprint density at radius 3 is 2.71 bits per heavy atom. The molecular formula is C21H20ClFN4O2S2. The minimum absolute atomic E-state index is 0.184. The number of hydrogen-bond donors (Lipinski definition) is 1. The molecule has 1 aliphatic rings. The molecule has 0 aliphatic carbocycles. The number of hydrazone groups is 1. The summed E-state index contributed by atoms with van der Waals surface area (Å²) in [5.41, 5.74) is 4.27. The van der Waals surface area contributed by atoms with Crippen molar-refractivity contribution in [2.45, 2.75) is 24.2 Å². The Bertz CT molecular complexity index is 1190. The molecule has 1 fully saturated rings. The van der Waals surface area contributed by atoms with Crippen LogP contribution in [0.2, 0.25) is 5.02 Å². The second kappa shape index (κ2) is 9.44. The molecule has 1 saturated heterocycles. The van der Waals surface area contributed by atoms with Crippen LogP contribution in [0.1, 0.15) is 24.8 Å². The van der Waals surface area contributed by atoms with Crippen molar-refractivity contribution in [2.24, 2.45) is 5.10 Å². The van der Waals surface area contributed by atoms with Crippen molar-refractivity contribution in [3.8, 4) is 11.3 Å². The van der Waals surface area contributed by atoms with Gasteiger partial charge in [0.1, 0.15) is 5.82 Å². The Balaban J connectivity index is 1.50. The lowest BCUT2D eigenvalue weighted by Gasteiger charge is -2.26. The van der Waals surface area contributed by atoms with E-state index < -0.39 is 15.8 Å². The molecule has 0 amide bonds. The normalized spacial score (nSPS) is 15.4. The van der Waals surface area contributed by atoms with E-state index in [1.54, 1.807) is 34.0 Å². The van der Waals surface area contributed by atoms with E-state index in [1.807, 2.05) is 6.07 Å². The highest BCUT2D eigenvalue weighted by atomic mass is 35.5. The first-order valence-electron chi connectivity index (χ1n) is 9.74. The van der Waals surface area contributed by atoms with Crippen molar-refractivity contribution in [2.75, 3.05) is 18.5 Å². The molecule has 0 radical (unpaired) electrons. The summed E-state index contributed by atoms with van der Waals surface area (Å²) in [6.45, 7) is 1.11.